The summed E-state index contributed by atoms with van der Waals surface area (Å²) >= 11 is 0. The standard InChI is InChI=1S/C74H47NO2/c1-2-16-48(17-3-1)49-30-32-50(33-31-49)51-34-39-54(40-35-51)75(56-43-45-60-58-19-5-7-21-62(58)74(68(60)47-56)65-24-10-14-28-71(65)77-72-29-15-11-25-66(72)74)55-41-36-52(37-42-55)53-38-44-59-57-18-4-6-20-61(57)73(67(59)46-53)63-22-8-12-26-69(63)76-70-27-13-9-23-64(70)73/h1-47H. The fourth-order valence-electron chi connectivity index (χ4n) is 13.6. The van der Waals surface area contributed by atoms with Crippen LogP contribution in [0.15, 0.2) is 285 Å². The Morgan fingerprint density at radius 1 is 0.208 bits per heavy atom. The monoisotopic (exact) mass is 981 g/mol. The Balaban J connectivity index is 0.849. The Labute approximate surface area is 448 Å². The number of para-hydroxylation sites is 4. The molecule has 0 saturated heterocycles. The summed E-state index contributed by atoms with van der Waals surface area (Å²) in [5.41, 5.74) is 23.7. The van der Waals surface area contributed by atoms with Crippen molar-refractivity contribution in [3.63, 3.8) is 0 Å². The molecular weight excluding hydrogens is 935 g/mol. The summed E-state index contributed by atoms with van der Waals surface area (Å²) in [6.07, 6.45) is 0. The van der Waals surface area contributed by atoms with Gasteiger partial charge in [-0.25, -0.2) is 0 Å². The van der Waals surface area contributed by atoms with Gasteiger partial charge in [0, 0.05) is 39.3 Å². The molecule has 2 spiro atoms. The lowest BCUT2D eigenvalue weighted by molar-refractivity contribution is 0.436. The first-order valence-corrected chi connectivity index (χ1v) is 26.6. The molecule has 16 rings (SSSR count). The Hall–Kier alpha value is -9.96. The summed E-state index contributed by atoms with van der Waals surface area (Å²) in [6, 6.07) is 104. The van der Waals surface area contributed by atoms with Gasteiger partial charge in [0.05, 0.1) is 10.8 Å². The molecule has 0 fully saturated rings. The van der Waals surface area contributed by atoms with Crippen molar-refractivity contribution in [3.8, 4) is 78.6 Å². The van der Waals surface area contributed by atoms with E-state index in [-0.39, 0.29) is 0 Å². The lowest BCUT2D eigenvalue weighted by Gasteiger charge is -2.39. The molecule has 12 aromatic rings. The quantitative estimate of drug-likeness (QED) is 0.166. The fraction of sp³-hybridized carbons (Fsp3) is 0.0270. The second-order valence-corrected chi connectivity index (χ2v) is 20.6. The zero-order chi connectivity index (χ0) is 50.7. The number of hydrogen-bond donors (Lipinski definition) is 0. The van der Waals surface area contributed by atoms with Crippen LogP contribution < -0.4 is 14.4 Å². The number of benzene rings is 12. The second-order valence-electron chi connectivity index (χ2n) is 20.6. The maximum Gasteiger partial charge on any atom is 0.132 e. The summed E-state index contributed by atoms with van der Waals surface area (Å²) in [5.74, 6) is 3.55. The highest BCUT2D eigenvalue weighted by molar-refractivity contribution is 5.93. The molecule has 0 saturated carbocycles. The van der Waals surface area contributed by atoms with Crippen molar-refractivity contribution in [1.29, 1.82) is 0 Å². The Morgan fingerprint density at radius 3 is 0.961 bits per heavy atom. The first-order valence-electron chi connectivity index (χ1n) is 26.6. The van der Waals surface area contributed by atoms with Crippen LogP contribution in [0, 0.1) is 0 Å². The highest BCUT2D eigenvalue weighted by Gasteiger charge is 2.52. The van der Waals surface area contributed by atoms with E-state index in [1.807, 2.05) is 0 Å². The van der Waals surface area contributed by atoms with Crippen molar-refractivity contribution in [3.05, 3.63) is 330 Å². The highest BCUT2D eigenvalue weighted by Crippen LogP contribution is 2.64. The predicted molar refractivity (Wildman–Crippen MR) is 312 cm³/mol. The van der Waals surface area contributed by atoms with Crippen LogP contribution in [0.25, 0.3) is 55.6 Å². The fourth-order valence-corrected chi connectivity index (χ4v) is 13.6. The van der Waals surface area contributed by atoms with Gasteiger partial charge in [-0.15, -0.1) is 0 Å². The van der Waals surface area contributed by atoms with Crippen molar-refractivity contribution in [2.24, 2.45) is 0 Å². The average Bonchev–Trinajstić information content (AvgIpc) is 4.18. The Bertz CT molecular complexity index is 4240. The molecule has 0 amide bonds. The molecule has 3 nitrogen and oxygen atoms in total. The van der Waals surface area contributed by atoms with Gasteiger partial charge in [-0.3, -0.25) is 0 Å². The minimum Gasteiger partial charge on any atom is -0.457 e. The number of rotatable bonds is 6. The van der Waals surface area contributed by atoms with Crippen molar-refractivity contribution in [2.75, 3.05) is 4.90 Å². The van der Waals surface area contributed by atoms with Gasteiger partial charge in [-0.05, 0) is 145 Å². The van der Waals surface area contributed by atoms with Gasteiger partial charge in [0.15, 0.2) is 0 Å². The van der Waals surface area contributed by atoms with Gasteiger partial charge in [0.25, 0.3) is 0 Å². The number of hydrogen-bond acceptors (Lipinski definition) is 3. The molecule has 0 N–H and O–H groups in total. The van der Waals surface area contributed by atoms with E-state index in [1.165, 1.54) is 61.2 Å². The smallest absolute Gasteiger partial charge is 0.132 e. The third-order valence-corrected chi connectivity index (χ3v) is 16.8. The molecule has 0 radical (unpaired) electrons. The van der Waals surface area contributed by atoms with Crippen LogP contribution in [0.3, 0.4) is 0 Å². The number of nitrogens with zero attached hydrogens (tertiary/aromatic N) is 1. The summed E-state index contributed by atoms with van der Waals surface area (Å²) < 4.78 is 13.4. The van der Waals surface area contributed by atoms with E-state index in [1.54, 1.807) is 0 Å². The Morgan fingerprint density at radius 2 is 0.506 bits per heavy atom. The van der Waals surface area contributed by atoms with Crippen LogP contribution in [-0.4, -0.2) is 0 Å². The van der Waals surface area contributed by atoms with Crippen LogP contribution in [0.5, 0.6) is 23.0 Å². The predicted octanol–water partition coefficient (Wildman–Crippen LogP) is 19.1. The molecule has 2 aliphatic heterocycles. The van der Waals surface area contributed by atoms with Gasteiger partial charge in [-0.1, -0.05) is 218 Å². The van der Waals surface area contributed by atoms with Gasteiger partial charge in [0.2, 0.25) is 0 Å². The van der Waals surface area contributed by atoms with Crippen LogP contribution >= 0.6 is 0 Å². The third-order valence-electron chi connectivity index (χ3n) is 16.8. The number of anilines is 3. The van der Waals surface area contributed by atoms with Crippen LogP contribution in [0.2, 0.25) is 0 Å². The maximum atomic E-state index is 6.72. The van der Waals surface area contributed by atoms with E-state index in [0.717, 1.165) is 79.0 Å². The molecule has 0 aromatic heterocycles. The zero-order valence-corrected chi connectivity index (χ0v) is 41.9. The lowest BCUT2D eigenvalue weighted by atomic mass is 9.66. The molecule has 4 aliphatic rings. The highest BCUT2D eigenvalue weighted by atomic mass is 16.5. The third kappa shape index (κ3) is 6.26. The average molecular weight is 982 g/mol. The second kappa shape index (κ2) is 16.8. The van der Waals surface area contributed by atoms with E-state index in [0.29, 0.717) is 0 Å². The molecular formula is C74H47NO2. The topological polar surface area (TPSA) is 21.7 Å². The molecule has 2 aliphatic carbocycles. The molecule has 0 atom stereocenters. The van der Waals surface area contributed by atoms with Crippen LogP contribution in [0.1, 0.15) is 44.5 Å². The molecule has 2 heterocycles. The van der Waals surface area contributed by atoms with Crippen molar-refractivity contribution < 1.29 is 9.47 Å². The van der Waals surface area contributed by atoms with E-state index >= 15 is 0 Å². The van der Waals surface area contributed by atoms with E-state index in [4.69, 9.17) is 9.47 Å². The van der Waals surface area contributed by atoms with E-state index in [9.17, 15) is 0 Å². The largest absolute Gasteiger partial charge is 0.457 e. The molecule has 360 valence electrons. The normalized spacial score (nSPS) is 13.9. The minimum atomic E-state index is -0.602. The van der Waals surface area contributed by atoms with Crippen molar-refractivity contribution in [1.82, 2.24) is 0 Å². The molecule has 12 aromatic carbocycles. The van der Waals surface area contributed by atoms with Gasteiger partial charge < -0.3 is 14.4 Å². The van der Waals surface area contributed by atoms with Gasteiger partial charge >= 0.3 is 0 Å². The van der Waals surface area contributed by atoms with Gasteiger partial charge in [-0.2, -0.15) is 0 Å². The zero-order valence-electron chi connectivity index (χ0n) is 41.9. The SMILES string of the molecule is c1ccc(-c2ccc(-c3ccc(N(c4ccc(-c5ccc6c(c5)C5(c7ccccc7Oc7ccccc75)c5ccccc5-6)cc4)c4ccc5c(c4)C4(c6ccccc6Oc6ccccc64)c4ccccc4-5)cc3)cc2)cc1. The van der Waals surface area contributed by atoms with E-state index < -0.39 is 10.8 Å². The number of fused-ring (bicyclic) bond motifs is 18. The summed E-state index contributed by atoms with van der Waals surface area (Å²) in [7, 11) is 0. The summed E-state index contributed by atoms with van der Waals surface area (Å²) in [5, 5.41) is 0. The number of ether oxygens (including phenoxy) is 2. The van der Waals surface area contributed by atoms with Gasteiger partial charge in [0.1, 0.15) is 23.0 Å². The minimum absolute atomic E-state index is 0.545. The van der Waals surface area contributed by atoms with Crippen LogP contribution in [0.4, 0.5) is 17.1 Å². The first kappa shape index (κ1) is 43.4. The van der Waals surface area contributed by atoms with Crippen molar-refractivity contribution in [2.45, 2.75) is 10.8 Å². The molecule has 0 unspecified atom stereocenters. The lowest BCUT2D eigenvalue weighted by Crippen LogP contribution is -2.32. The Kier molecular flexibility index (Phi) is 9.47. The summed E-state index contributed by atoms with van der Waals surface area (Å²) in [6.45, 7) is 0. The summed E-state index contributed by atoms with van der Waals surface area (Å²) in [4.78, 5) is 2.42. The first-order chi connectivity index (χ1) is 38.2. The van der Waals surface area contributed by atoms with E-state index in [2.05, 4.69) is 290 Å². The van der Waals surface area contributed by atoms with Crippen LogP contribution in [-0.2, 0) is 10.8 Å². The molecule has 77 heavy (non-hydrogen) atoms. The maximum absolute atomic E-state index is 6.72. The van der Waals surface area contributed by atoms with Crippen molar-refractivity contribution >= 4 is 17.1 Å². The molecule has 3 heteroatoms. The molecule has 0 bridgehead atoms.